The van der Waals surface area contributed by atoms with E-state index in [0.717, 1.165) is 15.4 Å². The van der Waals surface area contributed by atoms with E-state index in [4.69, 9.17) is 0 Å². The SMILES string of the molecule is Cc1ccccc1N(CC(=O)N(CCc1ccccc1)[C@H](C)C(=O)NCC(C)C)S(=O)(=O)c1ccccc1. The smallest absolute Gasteiger partial charge is 0.264 e. The molecule has 0 saturated carbocycles. The van der Waals surface area contributed by atoms with Gasteiger partial charge in [-0.15, -0.1) is 0 Å². The third-order valence-electron chi connectivity index (χ3n) is 6.33. The quantitative estimate of drug-likeness (QED) is 0.372. The first-order valence-corrected chi connectivity index (χ1v) is 14.3. The van der Waals surface area contributed by atoms with E-state index in [0.29, 0.717) is 18.7 Å². The first-order valence-electron chi connectivity index (χ1n) is 12.9. The molecule has 8 heteroatoms. The van der Waals surface area contributed by atoms with Crippen molar-refractivity contribution >= 4 is 27.5 Å². The van der Waals surface area contributed by atoms with E-state index in [2.05, 4.69) is 5.32 Å². The van der Waals surface area contributed by atoms with Crippen LogP contribution in [0.2, 0.25) is 0 Å². The summed E-state index contributed by atoms with van der Waals surface area (Å²) >= 11 is 0. The van der Waals surface area contributed by atoms with Gasteiger partial charge in [0.15, 0.2) is 0 Å². The maximum atomic E-state index is 13.9. The number of carbonyl (C=O) groups excluding carboxylic acids is 2. The average molecular weight is 536 g/mol. The molecule has 1 atom stereocenters. The predicted octanol–water partition coefficient (Wildman–Crippen LogP) is 4.42. The van der Waals surface area contributed by atoms with Crippen LogP contribution in [-0.2, 0) is 26.0 Å². The molecule has 7 nitrogen and oxygen atoms in total. The molecule has 3 rings (SSSR count). The Morgan fingerprint density at radius 3 is 2.03 bits per heavy atom. The molecular weight excluding hydrogens is 498 g/mol. The molecule has 0 radical (unpaired) electrons. The van der Waals surface area contributed by atoms with Crippen molar-refractivity contribution in [3.63, 3.8) is 0 Å². The van der Waals surface area contributed by atoms with Gasteiger partial charge in [0.05, 0.1) is 10.6 Å². The highest BCUT2D eigenvalue weighted by atomic mass is 32.2. The molecule has 202 valence electrons. The summed E-state index contributed by atoms with van der Waals surface area (Å²) in [5.41, 5.74) is 2.16. The van der Waals surface area contributed by atoms with Crippen LogP contribution >= 0.6 is 0 Å². The van der Waals surface area contributed by atoms with Gasteiger partial charge >= 0.3 is 0 Å². The minimum absolute atomic E-state index is 0.0922. The van der Waals surface area contributed by atoms with Crippen LogP contribution in [0.15, 0.2) is 89.8 Å². The fraction of sp³-hybridized carbons (Fsp3) is 0.333. The molecule has 0 aliphatic heterocycles. The van der Waals surface area contributed by atoms with E-state index in [9.17, 15) is 18.0 Å². The van der Waals surface area contributed by atoms with Gasteiger partial charge in [0.1, 0.15) is 12.6 Å². The predicted molar refractivity (Wildman–Crippen MR) is 151 cm³/mol. The largest absolute Gasteiger partial charge is 0.354 e. The molecule has 1 N–H and O–H groups in total. The van der Waals surface area contributed by atoms with E-state index in [1.54, 1.807) is 37.3 Å². The Morgan fingerprint density at radius 1 is 0.842 bits per heavy atom. The minimum Gasteiger partial charge on any atom is -0.354 e. The molecule has 0 spiro atoms. The van der Waals surface area contributed by atoms with Crippen LogP contribution in [0.25, 0.3) is 0 Å². The second-order valence-electron chi connectivity index (χ2n) is 9.75. The Bertz CT molecular complexity index is 1310. The number of aryl methyl sites for hydroxylation is 1. The number of para-hydroxylation sites is 1. The zero-order valence-corrected chi connectivity index (χ0v) is 23.3. The normalized spacial score (nSPS) is 12.1. The zero-order chi connectivity index (χ0) is 27.7. The molecule has 2 amide bonds. The lowest BCUT2D eigenvalue weighted by molar-refractivity contribution is -0.138. The monoisotopic (exact) mass is 535 g/mol. The number of amides is 2. The van der Waals surface area contributed by atoms with Gasteiger partial charge in [0, 0.05) is 13.1 Å². The van der Waals surface area contributed by atoms with Crippen molar-refractivity contribution in [1.29, 1.82) is 0 Å². The third kappa shape index (κ3) is 7.44. The van der Waals surface area contributed by atoms with E-state index in [1.807, 2.05) is 63.2 Å². The minimum atomic E-state index is -4.05. The second-order valence-corrected chi connectivity index (χ2v) is 11.6. The maximum absolute atomic E-state index is 13.9. The van der Waals surface area contributed by atoms with Gasteiger partial charge in [-0.25, -0.2) is 8.42 Å². The maximum Gasteiger partial charge on any atom is 0.264 e. The van der Waals surface area contributed by atoms with Crippen LogP contribution in [0.5, 0.6) is 0 Å². The second kappa shape index (κ2) is 13.2. The van der Waals surface area contributed by atoms with Crippen LogP contribution in [0, 0.1) is 12.8 Å². The van der Waals surface area contributed by atoms with Gasteiger partial charge in [0.2, 0.25) is 11.8 Å². The van der Waals surface area contributed by atoms with Crippen LogP contribution < -0.4 is 9.62 Å². The van der Waals surface area contributed by atoms with E-state index < -0.39 is 28.5 Å². The van der Waals surface area contributed by atoms with Crippen molar-refractivity contribution in [3.8, 4) is 0 Å². The highest BCUT2D eigenvalue weighted by Crippen LogP contribution is 2.27. The highest BCUT2D eigenvalue weighted by Gasteiger charge is 2.32. The Kier molecular flexibility index (Phi) is 10.1. The van der Waals surface area contributed by atoms with Crippen molar-refractivity contribution in [3.05, 3.63) is 96.1 Å². The fourth-order valence-corrected chi connectivity index (χ4v) is 5.60. The number of hydrogen-bond acceptors (Lipinski definition) is 4. The van der Waals surface area contributed by atoms with Crippen LogP contribution in [0.3, 0.4) is 0 Å². The van der Waals surface area contributed by atoms with Crippen LogP contribution in [0.1, 0.15) is 31.9 Å². The molecule has 3 aromatic rings. The van der Waals surface area contributed by atoms with E-state index in [1.165, 1.54) is 17.0 Å². The molecule has 0 saturated heterocycles. The van der Waals surface area contributed by atoms with Crippen molar-refractivity contribution in [1.82, 2.24) is 10.2 Å². The van der Waals surface area contributed by atoms with E-state index >= 15 is 0 Å². The molecule has 0 unspecified atom stereocenters. The van der Waals surface area contributed by atoms with Gasteiger partial charge in [-0.1, -0.05) is 80.6 Å². The number of anilines is 1. The number of benzene rings is 3. The molecule has 0 fully saturated rings. The van der Waals surface area contributed by atoms with Crippen molar-refractivity contribution in [2.45, 2.75) is 45.1 Å². The molecule has 0 bridgehead atoms. The highest BCUT2D eigenvalue weighted by molar-refractivity contribution is 7.92. The van der Waals surface area contributed by atoms with Crippen molar-refractivity contribution < 1.29 is 18.0 Å². The lowest BCUT2D eigenvalue weighted by atomic mass is 10.1. The molecule has 0 heterocycles. The molecule has 0 aliphatic rings. The molecule has 38 heavy (non-hydrogen) atoms. The first kappa shape index (κ1) is 28.9. The number of nitrogens with zero attached hydrogens (tertiary/aromatic N) is 2. The molecule has 0 aromatic heterocycles. The van der Waals surface area contributed by atoms with Gasteiger partial charge in [0.25, 0.3) is 10.0 Å². The summed E-state index contributed by atoms with van der Waals surface area (Å²) in [4.78, 5) is 28.4. The lowest BCUT2D eigenvalue weighted by Crippen LogP contribution is -2.52. The van der Waals surface area contributed by atoms with Gasteiger partial charge in [-0.3, -0.25) is 13.9 Å². The summed E-state index contributed by atoms with van der Waals surface area (Å²) in [5.74, 6) is -0.462. The fourth-order valence-electron chi connectivity index (χ4n) is 4.10. The lowest BCUT2D eigenvalue weighted by Gasteiger charge is -2.32. The summed E-state index contributed by atoms with van der Waals surface area (Å²) in [6, 6.07) is 24.1. The molecule has 3 aromatic carbocycles. The topological polar surface area (TPSA) is 86.8 Å². The summed E-state index contributed by atoms with van der Waals surface area (Å²) in [6.07, 6.45) is 0.532. The molecule has 0 aliphatic carbocycles. The number of nitrogens with one attached hydrogen (secondary N) is 1. The third-order valence-corrected chi connectivity index (χ3v) is 8.10. The summed E-state index contributed by atoms with van der Waals surface area (Å²) < 4.78 is 28.7. The van der Waals surface area contributed by atoms with Gasteiger partial charge in [-0.05, 0) is 55.5 Å². The standard InChI is InChI=1S/C30H37N3O4S/c1-23(2)21-31-30(35)25(4)32(20-19-26-14-7-5-8-15-26)29(34)22-33(28-18-12-11-13-24(28)3)38(36,37)27-16-9-6-10-17-27/h5-18,23,25H,19-22H2,1-4H3,(H,31,35)/t25-/m1/s1. The Morgan fingerprint density at radius 2 is 1.42 bits per heavy atom. The Labute approximate surface area is 226 Å². The van der Waals surface area contributed by atoms with Gasteiger partial charge < -0.3 is 10.2 Å². The summed E-state index contributed by atoms with van der Waals surface area (Å²) in [6.45, 7) is 7.81. The van der Waals surface area contributed by atoms with Crippen LogP contribution in [0.4, 0.5) is 5.69 Å². The number of carbonyl (C=O) groups is 2. The van der Waals surface area contributed by atoms with Crippen LogP contribution in [-0.4, -0.2) is 50.8 Å². The van der Waals surface area contributed by atoms with Crippen molar-refractivity contribution in [2.75, 3.05) is 23.9 Å². The van der Waals surface area contributed by atoms with Gasteiger partial charge in [-0.2, -0.15) is 0 Å². The first-order chi connectivity index (χ1) is 18.1. The summed E-state index contributed by atoms with van der Waals surface area (Å²) in [5, 5.41) is 2.90. The van der Waals surface area contributed by atoms with E-state index in [-0.39, 0.29) is 23.3 Å². The number of hydrogen-bond donors (Lipinski definition) is 1. The Balaban J connectivity index is 1.95. The van der Waals surface area contributed by atoms with Crippen molar-refractivity contribution in [2.24, 2.45) is 5.92 Å². The number of sulfonamides is 1. The molecular formula is C30H37N3O4S. The Hall–Kier alpha value is -3.65. The average Bonchev–Trinajstić information content (AvgIpc) is 2.91. The summed E-state index contributed by atoms with van der Waals surface area (Å²) in [7, 11) is -4.05. The zero-order valence-electron chi connectivity index (χ0n) is 22.5. The number of rotatable bonds is 12.